The normalized spacial score (nSPS) is 12.3. The summed E-state index contributed by atoms with van der Waals surface area (Å²) in [5.41, 5.74) is 10.0. The number of nitrogens with one attached hydrogen (secondary N) is 2. The summed E-state index contributed by atoms with van der Waals surface area (Å²) < 4.78 is 9.64. The number of hydrogen-bond acceptors (Lipinski definition) is 11. The van der Waals surface area contributed by atoms with Crippen LogP contribution in [0.25, 0.3) is 33.2 Å². The van der Waals surface area contributed by atoms with E-state index in [9.17, 15) is 20.1 Å². The van der Waals surface area contributed by atoms with Gasteiger partial charge in [0.1, 0.15) is 17.6 Å². The first kappa shape index (κ1) is 33.7. The zero-order valence-electron chi connectivity index (χ0n) is 25.7. The summed E-state index contributed by atoms with van der Waals surface area (Å²) in [6, 6.07) is 27.9. The number of aliphatic hydroxyl groups excluding tert-OH is 2. The van der Waals surface area contributed by atoms with Gasteiger partial charge in [-0.3, -0.25) is 4.79 Å². The molecule has 0 amide bonds. The summed E-state index contributed by atoms with van der Waals surface area (Å²) in [5, 5.41) is 54.9. The van der Waals surface area contributed by atoms with Crippen LogP contribution < -0.4 is 5.73 Å². The maximum atomic E-state index is 10.4. The number of rotatable bonds is 8. The summed E-state index contributed by atoms with van der Waals surface area (Å²) in [6.45, 7) is 0.229. The van der Waals surface area contributed by atoms with E-state index in [0.29, 0.717) is 28.9 Å². The monoisotopic (exact) mass is 664 g/mol. The average molecular weight is 665 g/mol. The molecule has 0 bridgehead atoms. The predicted molar refractivity (Wildman–Crippen MR) is 179 cm³/mol. The highest BCUT2D eigenvalue weighted by molar-refractivity contribution is 5.97. The van der Waals surface area contributed by atoms with Crippen molar-refractivity contribution in [3.63, 3.8) is 0 Å². The number of aromatic amines is 2. The number of amidine groups is 1. The van der Waals surface area contributed by atoms with Crippen LogP contribution in [0, 0.1) is 0 Å². The summed E-state index contributed by atoms with van der Waals surface area (Å²) in [4.78, 5) is 20.5. The number of oxime groups is 1. The zero-order valence-corrected chi connectivity index (χ0v) is 25.7. The van der Waals surface area contributed by atoms with Crippen molar-refractivity contribution in [1.82, 2.24) is 20.1 Å². The number of hydrogen-bond donors (Lipinski definition) is 8. The molecule has 3 aromatic heterocycles. The molecule has 7 rings (SSSR count). The number of aromatic nitrogens is 4. The highest BCUT2D eigenvalue weighted by Crippen LogP contribution is 2.26. The number of nitrogens with two attached hydrogens (primary N) is 1. The van der Waals surface area contributed by atoms with Crippen LogP contribution in [0.2, 0.25) is 0 Å². The fraction of sp³-hybridized carbons (Fsp3) is 0.0857. The predicted octanol–water partition coefficient (Wildman–Crippen LogP) is 5.02. The third kappa shape index (κ3) is 8.40. The molecular formula is C35H32N6O8. The van der Waals surface area contributed by atoms with Gasteiger partial charge in [-0.2, -0.15) is 4.98 Å². The number of fused-ring (bicyclic) bond motifs is 2. The molecule has 250 valence electrons. The third-order valence-electron chi connectivity index (χ3n) is 7.28. The maximum absolute atomic E-state index is 10.4. The van der Waals surface area contributed by atoms with E-state index in [1.807, 2.05) is 54.7 Å². The Labute approximate surface area is 278 Å². The molecule has 0 aliphatic carbocycles. The first-order valence-electron chi connectivity index (χ1n) is 14.7. The molecule has 0 spiro atoms. The van der Waals surface area contributed by atoms with Crippen LogP contribution in [0.5, 0.6) is 11.5 Å². The van der Waals surface area contributed by atoms with E-state index in [1.165, 1.54) is 12.1 Å². The number of aliphatic hydroxyl groups is 2. The van der Waals surface area contributed by atoms with Crippen molar-refractivity contribution in [1.29, 1.82) is 0 Å². The molecular weight excluding hydrogens is 632 g/mol. The minimum atomic E-state index is -1.20. The Hall–Kier alpha value is -6.64. The van der Waals surface area contributed by atoms with Crippen LogP contribution in [0.1, 0.15) is 35.0 Å². The Kier molecular flexibility index (Phi) is 10.9. The highest BCUT2D eigenvalue weighted by atomic mass is 16.6. The van der Waals surface area contributed by atoms with Crippen LogP contribution in [-0.4, -0.2) is 58.0 Å². The molecule has 4 aromatic carbocycles. The van der Waals surface area contributed by atoms with Gasteiger partial charge in [0.25, 0.3) is 12.4 Å². The van der Waals surface area contributed by atoms with Crippen LogP contribution in [-0.2, 0) is 16.0 Å². The van der Waals surface area contributed by atoms with Crippen molar-refractivity contribution in [2.45, 2.75) is 18.8 Å². The Morgan fingerprint density at radius 3 is 2.10 bits per heavy atom. The van der Waals surface area contributed by atoms with E-state index in [1.54, 1.807) is 42.6 Å². The summed E-state index contributed by atoms with van der Waals surface area (Å²) in [5.74, 6) is 0.901. The van der Waals surface area contributed by atoms with E-state index in [4.69, 9.17) is 20.6 Å². The zero-order chi connectivity index (χ0) is 34.8. The number of carbonyl (C=O) groups is 1. The number of phenolic OH excluding ortho intramolecular Hbond substituents is 2. The molecule has 0 radical (unpaired) electrons. The lowest BCUT2D eigenvalue weighted by molar-refractivity contribution is -0.152. The number of para-hydroxylation sites is 2. The lowest BCUT2D eigenvalue weighted by Gasteiger charge is -2.05. The molecule has 0 fully saturated rings. The van der Waals surface area contributed by atoms with Crippen LogP contribution in [0.3, 0.4) is 0 Å². The smallest absolute Gasteiger partial charge is 0.295 e. The standard InChI is InChI=1S/C18H15N3O3.C10H9NO3.C7H8N2O2/c22-13-7-5-11(6-8-13)17-20-18(24-21-17)16(23)9-12-10-19-15-4-2-1-3-14(12)15;12-6-14-10(13)8-5-11-9-4-2-1-3-7(8)9;8-7(9-11)5-1-3-6(10)4-2-5/h1-8,10,16,19,22-23H,9H2;1-6,10-11,13H;1-4,10-11H,(H2,8,9). The second kappa shape index (κ2) is 15.8. The second-order valence-electron chi connectivity index (χ2n) is 10.5. The molecule has 0 aliphatic heterocycles. The van der Waals surface area contributed by atoms with Gasteiger partial charge >= 0.3 is 0 Å². The van der Waals surface area contributed by atoms with Crippen molar-refractivity contribution in [2.24, 2.45) is 10.9 Å². The Balaban J connectivity index is 0.000000159. The number of benzene rings is 4. The Bertz CT molecular complexity index is 2140. The number of carbonyl (C=O) groups excluding carboxylic acids is 1. The number of H-pyrrole nitrogens is 2. The molecule has 14 nitrogen and oxygen atoms in total. The van der Waals surface area contributed by atoms with Crippen molar-refractivity contribution < 1.29 is 39.7 Å². The molecule has 0 saturated carbocycles. The number of ether oxygens (including phenoxy) is 1. The number of aromatic hydroxyl groups is 2. The van der Waals surface area contributed by atoms with Gasteiger partial charge in [0, 0.05) is 57.3 Å². The molecule has 49 heavy (non-hydrogen) atoms. The molecule has 0 aliphatic rings. The van der Waals surface area contributed by atoms with Gasteiger partial charge < -0.3 is 50.6 Å². The van der Waals surface area contributed by atoms with Gasteiger partial charge in [-0.1, -0.05) is 46.7 Å². The Morgan fingerprint density at radius 1 is 0.857 bits per heavy atom. The minimum absolute atomic E-state index is 0.0324. The van der Waals surface area contributed by atoms with Crippen LogP contribution in [0.4, 0.5) is 0 Å². The first-order chi connectivity index (χ1) is 23.8. The van der Waals surface area contributed by atoms with Gasteiger partial charge in [-0.05, 0) is 66.2 Å². The molecule has 9 N–H and O–H groups in total. The maximum Gasteiger partial charge on any atom is 0.295 e. The number of nitrogens with zero attached hydrogens (tertiary/aromatic N) is 3. The van der Waals surface area contributed by atoms with Crippen LogP contribution in [0.15, 0.2) is 119 Å². The Morgan fingerprint density at radius 2 is 1.45 bits per heavy atom. The van der Waals surface area contributed by atoms with Gasteiger partial charge in [-0.15, -0.1) is 0 Å². The quantitative estimate of drug-likeness (QED) is 0.0268. The van der Waals surface area contributed by atoms with E-state index in [-0.39, 0.29) is 29.7 Å². The second-order valence-corrected chi connectivity index (χ2v) is 10.5. The molecule has 14 heteroatoms. The van der Waals surface area contributed by atoms with Gasteiger partial charge in [0.05, 0.1) is 0 Å². The lowest BCUT2D eigenvalue weighted by atomic mass is 10.1. The minimum Gasteiger partial charge on any atom is -0.508 e. The van der Waals surface area contributed by atoms with Crippen LogP contribution >= 0.6 is 0 Å². The van der Waals surface area contributed by atoms with E-state index >= 15 is 0 Å². The van der Waals surface area contributed by atoms with Crippen molar-refractivity contribution in [3.8, 4) is 22.9 Å². The molecule has 2 unspecified atom stereocenters. The van der Waals surface area contributed by atoms with Gasteiger partial charge in [-0.25, -0.2) is 0 Å². The highest BCUT2D eigenvalue weighted by Gasteiger charge is 2.19. The summed E-state index contributed by atoms with van der Waals surface area (Å²) in [7, 11) is 0. The lowest BCUT2D eigenvalue weighted by Crippen LogP contribution is -2.12. The molecule has 7 aromatic rings. The fourth-order valence-corrected chi connectivity index (χ4v) is 4.81. The SMILES string of the molecule is NC(=NO)c1ccc(O)cc1.O=COC(O)c1c[nH]c2ccccc12.Oc1ccc(-c2noc(C(O)Cc3c[nH]c4ccccc34)n2)cc1. The fourth-order valence-electron chi connectivity index (χ4n) is 4.81. The van der Waals surface area contributed by atoms with Crippen molar-refractivity contribution in [3.05, 3.63) is 132 Å². The van der Waals surface area contributed by atoms with Crippen molar-refractivity contribution in [2.75, 3.05) is 0 Å². The van der Waals surface area contributed by atoms with E-state index < -0.39 is 12.4 Å². The van der Waals surface area contributed by atoms with E-state index in [0.717, 1.165) is 27.4 Å². The van der Waals surface area contributed by atoms with E-state index in [2.05, 4.69) is 30.0 Å². The molecule has 3 heterocycles. The molecule has 0 saturated heterocycles. The van der Waals surface area contributed by atoms with Gasteiger partial charge in [0.2, 0.25) is 12.1 Å². The summed E-state index contributed by atoms with van der Waals surface area (Å²) in [6.07, 6.45) is 1.79. The summed E-state index contributed by atoms with van der Waals surface area (Å²) >= 11 is 0. The molecule has 2 atom stereocenters. The number of phenols is 2. The third-order valence-corrected chi connectivity index (χ3v) is 7.28. The van der Waals surface area contributed by atoms with Gasteiger partial charge in [0.15, 0.2) is 5.84 Å². The van der Waals surface area contributed by atoms with Crippen molar-refractivity contribution >= 4 is 34.1 Å². The topological polar surface area (TPSA) is 236 Å². The average Bonchev–Trinajstić information content (AvgIpc) is 3.89. The largest absolute Gasteiger partial charge is 0.508 e. The first-order valence-corrected chi connectivity index (χ1v) is 14.7.